The molecule has 0 radical (unpaired) electrons. The highest BCUT2D eigenvalue weighted by molar-refractivity contribution is 5.99. The Balaban J connectivity index is 2.60. The maximum atomic E-state index is 5.51. The van der Waals surface area contributed by atoms with Crippen molar-refractivity contribution in [3.8, 4) is 0 Å². The van der Waals surface area contributed by atoms with Gasteiger partial charge in [-0.25, -0.2) is 4.98 Å². The molecule has 0 fully saturated rings. The Bertz CT molecular complexity index is 613. The van der Waals surface area contributed by atoms with Gasteiger partial charge in [-0.2, -0.15) is 0 Å². The number of hydrogen-bond acceptors (Lipinski definition) is 3. The summed E-state index contributed by atoms with van der Waals surface area (Å²) in [7, 11) is 0. The Labute approximate surface area is 80.4 Å². The summed E-state index contributed by atoms with van der Waals surface area (Å²) in [5.74, 6) is 0.679. The lowest BCUT2D eigenvalue weighted by Crippen LogP contribution is -1.77. The molecule has 14 heavy (non-hydrogen) atoms. The van der Waals surface area contributed by atoms with Crippen molar-refractivity contribution in [1.29, 1.82) is 0 Å². The highest BCUT2D eigenvalue weighted by Gasteiger charge is 2.06. The van der Waals surface area contributed by atoms with Gasteiger partial charge in [0, 0.05) is 18.5 Å². The molecule has 0 spiro atoms. The third kappa shape index (κ3) is 0.923. The zero-order valence-corrected chi connectivity index (χ0v) is 7.69. The first-order valence-electron chi connectivity index (χ1n) is 4.45. The van der Waals surface area contributed by atoms with Crippen LogP contribution in [0.3, 0.4) is 0 Å². The zero-order chi connectivity index (χ0) is 9.54. The summed E-state index contributed by atoms with van der Waals surface area (Å²) in [6.07, 6.45) is 1.76. The summed E-state index contributed by atoms with van der Waals surface area (Å²) in [4.78, 5) is 8.55. The van der Waals surface area contributed by atoms with Crippen molar-refractivity contribution < 1.29 is 4.42 Å². The van der Waals surface area contributed by atoms with E-state index in [0.717, 1.165) is 22.0 Å². The topological polar surface area (TPSA) is 38.9 Å². The van der Waals surface area contributed by atoms with Gasteiger partial charge in [-0.15, -0.1) is 0 Å². The third-order valence-electron chi connectivity index (χ3n) is 2.24. The molecule has 3 aromatic rings. The second-order valence-corrected chi connectivity index (χ2v) is 3.22. The van der Waals surface area contributed by atoms with E-state index in [1.54, 1.807) is 6.20 Å². The molecule has 0 bridgehead atoms. The van der Waals surface area contributed by atoms with E-state index in [0.29, 0.717) is 5.89 Å². The minimum Gasteiger partial charge on any atom is -0.439 e. The molecule has 2 aromatic heterocycles. The number of aromatic nitrogens is 2. The third-order valence-corrected chi connectivity index (χ3v) is 2.24. The molecule has 3 rings (SSSR count). The normalized spacial score (nSPS) is 11.2. The van der Waals surface area contributed by atoms with Gasteiger partial charge in [0.05, 0.1) is 0 Å². The van der Waals surface area contributed by atoms with Crippen molar-refractivity contribution in [2.45, 2.75) is 6.92 Å². The van der Waals surface area contributed by atoms with Gasteiger partial charge >= 0.3 is 0 Å². The van der Waals surface area contributed by atoms with E-state index in [1.807, 2.05) is 31.2 Å². The highest BCUT2D eigenvalue weighted by atomic mass is 16.3. The van der Waals surface area contributed by atoms with Crippen molar-refractivity contribution in [3.63, 3.8) is 0 Å². The van der Waals surface area contributed by atoms with Gasteiger partial charge in [0.2, 0.25) is 0 Å². The van der Waals surface area contributed by atoms with Crippen molar-refractivity contribution in [2.75, 3.05) is 0 Å². The van der Waals surface area contributed by atoms with Crippen LogP contribution in [0.15, 0.2) is 34.9 Å². The van der Waals surface area contributed by atoms with Gasteiger partial charge in [0.25, 0.3) is 0 Å². The predicted octanol–water partition coefficient (Wildman–Crippen LogP) is 2.68. The van der Waals surface area contributed by atoms with E-state index in [-0.39, 0.29) is 0 Å². The van der Waals surface area contributed by atoms with Crippen LogP contribution < -0.4 is 0 Å². The molecule has 1 aromatic carbocycles. The smallest absolute Gasteiger partial charge is 0.192 e. The van der Waals surface area contributed by atoms with Crippen molar-refractivity contribution in [2.24, 2.45) is 0 Å². The van der Waals surface area contributed by atoms with E-state index < -0.39 is 0 Å². The summed E-state index contributed by atoms with van der Waals surface area (Å²) in [5, 5.41) is 1.08. The Morgan fingerprint density at radius 3 is 3.07 bits per heavy atom. The van der Waals surface area contributed by atoms with Crippen LogP contribution in [-0.4, -0.2) is 9.97 Å². The number of rotatable bonds is 0. The van der Waals surface area contributed by atoms with E-state index >= 15 is 0 Å². The molecule has 0 N–H and O–H groups in total. The lowest BCUT2D eigenvalue weighted by Gasteiger charge is -1.94. The number of aryl methyl sites for hydroxylation is 1. The molecule has 3 heteroatoms. The van der Waals surface area contributed by atoms with Crippen LogP contribution >= 0.6 is 0 Å². The number of oxazole rings is 1. The second-order valence-electron chi connectivity index (χ2n) is 3.22. The van der Waals surface area contributed by atoms with E-state index in [9.17, 15) is 0 Å². The summed E-state index contributed by atoms with van der Waals surface area (Å²) < 4.78 is 5.51. The second kappa shape index (κ2) is 2.54. The molecule has 0 aliphatic carbocycles. The quantitative estimate of drug-likeness (QED) is 0.539. The van der Waals surface area contributed by atoms with Crippen LogP contribution in [0.2, 0.25) is 0 Å². The van der Waals surface area contributed by atoms with Gasteiger partial charge < -0.3 is 4.42 Å². The molecule has 0 aliphatic rings. The fourth-order valence-corrected chi connectivity index (χ4v) is 1.64. The van der Waals surface area contributed by atoms with E-state index in [2.05, 4.69) is 9.97 Å². The minimum atomic E-state index is 0.679. The SMILES string of the molecule is Cc1nc2ccc3cccnc3c2o1. The highest BCUT2D eigenvalue weighted by Crippen LogP contribution is 2.23. The first kappa shape index (κ1) is 7.50. The Morgan fingerprint density at radius 2 is 2.14 bits per heavy atom. The number of hydrogen-bond donors (Lipinski definition) is 0. The van der Waals surface area contributed by atoms with Crippen molar-refractivity contribution >= 4 is 22.0 Å². The van der Waals surface area contributed by atoms with E-state index in [1.165, 1.54) is 0 Å². The maximum Gasteiger partial charge on any atom is 0.192 e. The fraction of sp³-hybridized carbons (Fsp3) is 0.0909. The first-order chi connectivity index (χ1) is 6.84. The molecule has 0 aliphatic heterocycles. The van der Waals surface area contributed by atoms with Crippen molar-refractivity contribution in [1.82, 2.24) is 9.97 Å². The molecular formula is C11H8N2O. The number of pyridine rings is 1. The molecule has 0 saturated heterocycles. The fourth-order valence-electron chi connectivity index (χ4n) is 1.64. The van der Waals surface area contributed by atoms with Crippen LogP contribution in [0.25, 0.3) is 22.0 Å². The van der Waals surface area contributed by atoms with Gasteiger partial charge in [0.1, 0.15) is 11.0 Å². The van der Waals surface area contributed by atoms with Crippen LogP contribution in [0, 0.1) is 6.92 Å². The van der Waals surface area contributed by atoms with Gasteiger partial charge in [-0.05, 0) is 12.1 Å². The molecule has 3 nitrogen and oxygen atoms in total. The summed E-state index contributed by atoms with van der Waals surface area (Å²) in [5.41, 5.74) is 2.53. The molecule has 68 valence electrons. The average molecular weight is 184 g/mol. The molecule has 2 heterocycles. The molecule has 0 atom stereocenters. The Kier molecular flexibility index (Phi) is 1.36. The standard InChI is InChI=1S/C11H8N2O/c1-7-13-9-5-4-8-3-2-6-12-10(8)11(9)14-7/h2-6H,1H3. The number of fused-ring (bicyclic) bond motifs is 3. The summed E-state index contributed by atoms with van der Waals surface area (Å²) in [6, 6.07) is 7.89. The lowest BCUT2D eigenvalue weighted by atomic mass is 10.2. The summed E-state index contributed by atoms with van der Waals surface area (Å²) >= 11 is 0. The molecule has 0 saturated carbocycles. The first-order valence-corrected chi connectivity index (χ1v) is 4.45. The largest absolute Gasteiger partial charge is 0.439 e. The van der Waals surface area contributed by atoms with Gasteiger partial charge in [-0.1, -0.05) is 12.1 Å². The monoisotopic (exact) mass is 184 g/mol. The van der Waals surface area contributed by atoms with Gasteiger partial charge in [-0.3, -0.25) is 4.98 Å². The zero-order valence-electron chi connectivity index (χ0n) is 7.69. The average Bonchev–Trinajstić information content (AvgIpc) is 2.59. The van der Waals surface area contributed by atoms with Crippen LogP contribution in [0.5, 0.6) is 0 Å². The molecular weight excluding hydrogens is 176 g/mol. The predicted molar refractivity (Wildman–Crippen MR) is 54.0 cm³/mol. The van der Waals surface area contributed by atoms with E-state index in [4.69, 9.17) is 4.42 Å². The number of nitrogens with zero attached hydrogens (tertiary/aromatic N) is 2. The number of benzene rings is 1. The van der Waals surface area contributed by atoms with Crippen LogP contribution in [-0.2, 0) is 0 Å². The van der Waals surface area contributed by atoms with Crippen LogP contribution in [0.4, 0.5) is 0 Å². The van der Waals surface area contributed by atoms with Crippen LogP contribution in [0.1, 0.15) is 5.89 Å². The maximum absolute atomic E-state index is 5.51. The Hall–Kier alpha value is -1.90. The lowest BCUT2D eigenvalue weighted by molar-refractivity contribution is 0.563. The summed E-state index contributed by atoms with van der Waals surface area (Å²) in [6.45, 7) is 1.84. The van der Waals surface area contributed by atoms with Gasteiger partial charge in [0.15, 0.2) is 11.5 Å². The van der Waals surface area contributed by atoms with Crippen molar-refractivity contribution in [3.05, 3.63) is 36.4 Å². The minimum absolute atomic E-state index is 0.679. The Morgan fingerprint density at radius 1 is 1.21 bits per heavy atom. The molecule has 0 unspecified atom stereocenters. The molecule has 0 amide bonds.